The Morgan fingerprint density at radius 3 is 2.64 bits per heavy atom. The van der Waals surface area contributed by atoms with Gasteiger partial charge in [0.25, 0.3) is 0 Å². The first-order chi connectivity index (χ1) is 5.09. The van der Waals surface area contributed by atoms with Gasteiger partial charge in [-0.15, -0.1) is 0 Å². The highest BCUT2D eigenvalue weighted by Gasteiger charge is 2.11. The first kappa shape index (κ1) is 10.4. The van der Waals surface area contributed by atoms with Gasteiger partial charge in [0.2, 0.25) is 5.91 Å². The van der Waals surface area contributed by atoms with Crippen molar-refractivity contribution < 1.29 is 9.53 Å². The molecule has 0 spiro atoms. The highest BCUT2D eigenvalue weighted by molar-refractivity contribution is 5.80. The molecule has 4 nitrogen and oxygen atoms in total. The smallest absolute Gasteiger partial charge is 0.239 e. The maximum Gasteiger partial charge on any atom is 0.239 e. The van der Waals surface area contributed by atoms with E-state index in [-0.39, 0.29) is 5.91 Å². The molecule has 4 heteroatoms. The van der Waals surface area contributed by atoms with Crippen LogP contribution in [0.25, 0.3) is 0 Å². The van der Waals surface area contributed by atoms with E-state index >= 15 is 0 Å². The van der Waals surface area contributed by atoms with E-state index < -0.39 is 6.04 Å². The molecule has 0 aliphatic rings. The topological polar surface area (TPSA) is 55.6 Å². The van der Waals surface area contributed by atoms with Gasteiger partial charge in [0.1, 0.15) is 0 Å². The highest BCUT2D eigenvalue weighted by atomic mass is 16.5. The van der Waals surface area contributed by atoms with Crippen molar-refractivity contribution in [2.45, 2.75) is 13.0 Å². The summed E-state index contributed by atoms with van der Waals surface area (Å²) in [5.74, 6) is -0.0537. The zero-order valence-corrected chi connectivity index (χ0v) is 7.33. The molecule has 0 heterocycles. The molecule has 1 amide bonds. The van der Waals surface area contributed by atoms with Gasteiger partial charge in [0, 0.05) is 20.7 Å². The lowest BCUT2D eigenvalue weighted by atomic mass is 10.3. The number of amides is 1. The van der Waals surface area contributed by atoms with Gasteiger partial charge in [-0.25, -0.2) is 0 Å². The van der Waals surface area contributed by atoms with E-state index in [1.807, 2.05) is 0 Å². The van der Waals surface area contributed by atoms with Crippen molar-refractivity contribution in [1.29, 1.82) is 0 Å². The largest absolute Gasteiger partial charge is 0.383 e. The standard InChI is InChI=1S/C7H16N2O2/c1-6(8)7(10)9(2)4-5-11-3/h6H,4-5,8H2,1-3H3. The normalized spacial score (nSPS) is 12.7. The van der Waals surface area contributed by atoms with Gasteiger partial charge in [-0.2, -0.15) is 0 Å². The molecular weight excluding hydrogens is 144 g/mol. The van der Waals surface area contributed by atoms with Crippen molar-refractivity contribution in [3.05, 3.63) is 0 Å². The summed E-state index contributed by atoms with van der Waals surface area (Å²) < 4.78 is 4.81. The van der Waals surface area contributed by atoms with Crippen LogP contribution in [0.15, 0.2) is 0 Å². The molecular formula is C7H16N2O2. The number of carbonyl (C=O) groups excluding carboxylic acids is 1. The third-order valence-corrected chi connectivity index (χ3v) is 1.40. The van der Waals surface area contributed by atoms with Gasteiger partial charge in [-0.1, -0.05) is 0 Å². The summed E-state index contributed by atoms with van der Waals surface area (Å²) in [4.78, 5) is 12.7. The average molecular weight is 160 g/mol. The second-order valence-electron chi connectivity index (χ2n) is 2.54. The molecule has 0 aromatic heterocycles. The van der Waals surface area contributed by atoms with Crippen molar-refractivity contribution in [2.75, 3.05) is 27.3 Å². The summed E-state index contributed by atoms with van der Waals surface area (Å²) in [7, 11) is 3.31. The Labute approximate surface area is 67.3 Å². The minimum absolute atomic E-state index is 0.0537. The zero-order chi connectivity index (χ0) is 8.85. The fourth-order valence-corrected chi connectivity index (χ4v) is 0.686. The van der Waals surface area contributed by atoms with Gasteiger partial charge in [0.15, 0.2) is 0 Å². The molecule has 66 valence electrons. The van der Waals surface area contributed by atoms with Crippen LogP contribution in [0.5, 0.6) is 0 Å². The number of carbonyl (C=O) groups is 1. The molecule has 0 saturated carbocycles. The SMILES string of the molecule is COCCN(C)C(=O)C(C)N. The van der Waals surface area contributed by atoms with Crippen LogP contribution < -0.4 is 5.73 Å². The summed E-state index contributed by atoms with van der Waals surface area (Å²) in [6.07, 6.45) is 0. The predicted molar refractivity (Wildman–Crippen MR) is 43.2 cm³/mol. The first-order valence-electron chi connectivity index (χ1n) is 3.59. The number of methoxy groups -OCH3 is 1. The van der Waals surface area contributed by atoms with Crippen molar-refractivity contribution in [2.24, 2.45) is 5.73 Å². The quantitative estimate of drug-likeness (QED) is 0.599. The molecule has 0 rings (SSSR count). The van der Waals surface area contributed by atoms with E-state index in [0.29, 0.717) is 13.2 Å². The Morgan fingerprint density at radius 1 is 1.73 bits per heavy atom. The van der Waals surface area contributed by atoms with E-state index in [0.717, 1.165) is 0 Å². The van der Waals surface area contributed by atoms with Crippen LogP contribution >= 0.6 is 0 Å². The predicted octanol–water partition coefficient (Wildman–Crippen LogP) is -0.562. The third-order valence-electron chi connectivity index (χ3n) is 1.40. The van der Waals surface area contributed by atoms with Crippen molar-refractivity contribution >= 4 is 5.91 Å². The van der Waals surface area contributed by atoms with Gasteiger partial charge < -0.3 is 15.4 Å². The van der Waals surface area contributed by atoms with E-state index in [1.54, 1.807) is 26.0 Å². The van der Waals surface area contributed by atoms with E-state index in [9.17, 15) is 4.79 Å². The first-order valence-corrected chi connectivity index (χ1v) is 3.59. The molecule has 1 unspecified atom stereocenters. The number of hydrogen-bond donors (Lipinski definition) is 1. The molecule has 0 aromatic rings. The summed E-state index contributed by atoms with van der Waals surface area (Å²) in [5.41, 5.74) is 5.38. The van der Waals surface area contributed by atoms with E-state index in [2.05, 4.69) is 0 Å². The highest BCUT2D eigenvalue weighted by Crippen LogP contribution is 1.88. The Hall–Kier alpha value is -0.610. The van der Waals surface area contributed by atoms with E-state index in [1.165, 1.54) is 0 Å². The van der Waals surface area contributed by atoms with Crippen LogP contribution in [0.4, 0.5) is 0 Å². The van der Waals surface area contributed by atoms with Crippen LogP contribution in [0.1, 0.15) is 6.92 Å². The molecule has 1 atom stereocenters. The zero-order valence-electron chi connectivity index (χ0n) is 7.33. The van der Waals surface area contributed by atoms with Crippen LogP contribution in [-0.4, -0.2) is 44.2 Å². The fourth-order valence-electron chi connectivity index (χ4n) is 0.686. The minimum Gasteiger partial charge on any atom is -0.383 e. The molecule has 0 aliphatic heterocycles. The number of nitrogens with zero attached hydrogens (tertiary/aromatic N) is 1. The van der Waals surface area contributed by atoms with Gasteiger partial charge in [-0.05, 0) is 6.92 Å². The molecule has 0 aromatic carbocycles. The average Bonchev–Trinajstić information content (AvgIpc) is 1.98. The molecule has 0 bridgehead atoms. The number of hydrogen-bond acceptors (Lipinski definition) is 3. The van der Waals surface area contributed by atoms with Crippen molar-refractivity contribution in [1.82, 2.24) is 4.90 Å². The Kier molecular flexibility index (Phi) is 4.81. The summed E-state index contributed by atoms with van der Waals surface area (Å²) in [5, 5.41) is 0. The maximum atomic E-state index is 11.1. The summed E-state index contributed by atoms with van der Waals surface area (Å²) in [6.45, 7) is 2.82. The third kappa shape index (κ3) is 3.95. The number of nitrogens with two attached hydrogens (primary N) is 1. The fraction of sp³-hybridized carbons (Fsp3) is 0.857. The van der Waals surface area contributed by atoms with Crippen LogP contribution in [0.2, 0.25) is 0 Å². The van der Waals surface area contributed by atoms with Gasteiger partial charge >= 0.3 is 0 Å². The second-order valence-corrected chi connectivity index (χ2v) is 2.54. The van der Waals surface area contributed by atoms with Crippen molar-refractivity contribution in [3.63, 3.8) is 0 Å². The monoisotopic (exact) mass is 160 g/mol. The number of rotatable bonds is 4. The van der Waals surface area contributed by atoms with Gasteiger partial charge in [0.05, 0.1) is 12.6 Å². The van der Waals surface area contributed by atoms with Crippen LogP contribution in [0, 0.1) is 0 Å². The maximum absolute atomic E-state index is 11.1. The Balaban J connectivity index is 3.64. The number of ether oxygens (including phenoxy) is 1. The molecule has 0 aliphatic carbocycles. The second kappa shape index (κ2) is 5.09. The Bertz CT molecular complexity index is 126. The Morgan fingerprint density at radius 2 is 2.27 bits per heavy atom. The lowest BCUT2D eigenvalue weighted by molar-refractivity contribution is -0.131. The minimum atomic E-state index is -0.420. The summed E-state index contributed by atoms with van der Waals surface area (Å²) in [6, 6.07) is -0.420. The molecule has 2 N–H and O–H groups in total. The van der Waals surface area contributed by atoms with Crippen LogP contribution in [-0.2, 0) is 9.53 Å². The lowest BCUT2D eigenvalue weighted by Crippen LogP contribution is -2.41. The van der Waals surface area contributed by atoms with Crippen LogP contribution in [0.3, 0.4) is 0 Å². The molecule has 0 saturated heterocycles. The molecule has 0 radical (unpaired) electrons. The van der Waals surface area contributed by atoms with E-state index in [4.69, 9.17) is 10.5 Å². The number of likely N-dealkylation sites (N-methyl/N-ethyl adjacent to an activating group) is 1. The molecule has 11 heavy (non-hydrogen) atoms. The van der Waals surface area contributed by atoms with Gasteiger partial charge in [-0.3, -0.25) is 4.79 Å². The van der Waals surface area contributed by atoms with Crippen molar-refractivity contribution in [3.8, 4) is 0 Å². The lowest BCUT2D eigenvalue weighted by Gasteiger charge is -2.18. The summed E-state index contributed by atoms with van der Waals surface area (Å²) >= 11 is 0. The molecule has 0 fully saturated rings.